The second-order valence-electron chi connectivity index (χ2n) is 3.29. The molecule has 0 radical (unpaired) electrons. The lowest BCUT2D eigenvalue weighted by molar-refractivity contribution is 0.565. The number of aryl methyl sites for hydroxylation is 1. The molecule has 0 bridgehead atoms. The Balaban J connectivity index is 2.64. The molecular weight excluding hydrogens is 160 g/mol. The zero-order valence-electron chi connectivity index (χ0n) is 8.38. The first kappa shape index (κ1) is 10.2. The van der Waals surface area contributed by atoms with Gasteiger partial charge in [-0.3, -0.25) is 5.32 Å². The fourth-order valence-corrected chi connectivity index (χ4v) is 1.35. The SMILES string of the molecule is CCc1ccccc1CNC(C)N. The highest BCUT2D eigenvalue weighted by atomic mass is 15.0. The van der Waals surface area contributed by atoms with Crippen molar-refractivity contribution in [3.63, 3.8) is 0 Å². The summed E-state index contributed by atoms with van der Waals surface area (Å²) >= 11 is 0. The largest absolute Gasteiger partial charge is 0.316 e. The first-order valence-corrected chi connectivity index (χ1v) is 4.79. The van der Waals surface area contributed by atoms with Gasteiger partial charge in [0.2, 0.25) is 0 Å². The Kier molecular flexibility index (Phi) is 3.93. The van der Waals surface area contributed by atoms with E-state index < -0.39 is 0 Å². The summed E-state index contributed by atoms with van der Waals surface area (Å²) in [5.74, 6) is 0. The van der Waals surface area contributed by atoms with Gasteiger partial charge in [-0.1, -0.05) is 31.2 Å². The van der Waals surface area contributed by atoms with E-state index in [0.29, 0.717) is 0 Å². The van der Waals surface area contributed by atoms with Crippen molar-refractivity contribution in [2.45, 2.75) is 33.0 Å². The molecule has 2 nitrogen and oxygen atoms in total. The van der Waals surface area contributed by atoms with Gasteiger partial charge in [0.05, 0.1) is 6.17 Å². The van der Waals surface area contributed by atoms with Crippen LogP contribution in [0.15, 0.2) is 24.3 Å². The molecule has 0 heterocycles. The zero-order chi connectivity index (χ0) is 9.68. The molecule has 0 amide bonds. The van der Waals surface area contributed by atoms with E-state index in [4.69, 9.17) is 5.73 Å². The van der Waals surface area contributed by atoms with Crippen molar-refractivity contribution >= 4 is 0 Å². The van der Waals surface area contributed by atoms with E-state index in [1.54, 1.807) is 0 Å². The molecule has 0 saturated heterocycles. The van der Waals surface area contributed by atoms with Crippen LogP contribution in [0, 0.1) is 0 Å². The van der Waals surface area contributed by atoms with Gasteiger partial charge in [0, 0.05) is 6.54 Å². The fourth-order valence-electron chi connectivity index (χ4n) is 1.35. The van der Waals surface area contributed by atoms with Crippen LogP contribution in [0.1, 0.15) is 25.0 Å². The summed E-state index contributed by atoms with van der Waals surface area (Å²) in [6.45, 7) is 4.99. The maximum atomic E-state index is 5.62. The Morgan fingerprint density at radius 2 is 1.92 bits per heavy atom. The van der Waals surface area contributed by atoms with Crippen molar-refractivity contribution in [1.82, 2.24) is 5.32 Å². The summed E-state index contributed by atoms with van der Waals surface area (Å²) in [6, 6.07) is 8.46. The van der Waals surface area contributed by atoms with Crippen LogP contribution in [0.25, 0.3) is 0 Å². The van der Waals surface area contributed by atoms with Crippen LogP contribution in [0.3, 0.4) is 0 Å². The Hall–Kier alpha value is -0.860. The molecule has 1 rings (SSSR count). The Morgan fingerprint density at radius 3 is 2.46 bits per heavy atom. The summed E-state index contributed by atoms with van der Waals surface area (Å²) in [6.07, 6.45) is 1.14. The fraction of sp³-hybridized carbons (Fsp3) is 0.455. The molecule has 3 N–H and O–H groups in total. The molecule has 1 aromatic rings. The van der Waals surface area contributed by atoms with Gasteiger partial charge in [-0.2, -0.15) is 0 Å². The minimum Gasteiger partial charge on any atom is -0.316 e. The van der Waals surface area contributed by atoms with Crippen molar-refractivity contribution in [2.24, 2.45) is 5.73 Å². The first-order valence-electron chi connectivity index (χ1n) is 4.79. The molecule has 13 heavy (non-hydrogen) atoms. The quantitative estimate of drug-likeness (QED) is 0.688. The van der Waals surface area contributed by atoms with Crippen molar-refractivity contribution in [3.8, 4) is 0 Å². The maximum Gasteiger partial charge on any atom is 0.0519 e. The third-order valence-electron chi connectivity index (χ3n) is 2.11. The van der Waals surface area contributed by atoms with E-state index in [-0.39, 0.29) is 6.17 Å². The van der Waals surface area contributed by atoms with Gasteiger partial charge in [0.25, 0.3) is 0 Å². The minimum atomic E-state index is 0.0601. The van der Waals surface area contributed by atoms with Crippen LogP contribution in [0.2, 0.25) is 0 Å². The van der Waals surface area contributed by atoms with Crippen molar-refractivity contribution < 1.29 is 0 Å². The van der Waals surface area contributed by atoms with Crippen molar-refractivity contribution in [2.75, 3.05) is 0 Å². The van der Waals surface area contributed by atoms with Gasteiger partial charge < -0.3 is 5.73 Å². The molecule has 0 spiro atoms. The van der Waals surface area contributed by atoms with Gasteiger partial charge in [0.1, 0.15) is 0 Å². The van der Waals surface area contributed by atoms with Gasteiger partial charge in [-0.15, -0.1) is 0 Å². The second-order valence-corrected chi connectivity index (χ2v) is 3.29. The molecule has 0 aliphatic heterocycles. The van der Waals surface area contributed by atoms with Crippen LogP contribution in [-0.2, 0) is 13.0 Å². The number of benzene rings is 1. The summed E-state index contributed by atoms with van der Waals surface area (Å²) in [4.78, 5) is 0. The lowest BCUT2D eigenvalue weighted by Gasteiger charge is -2.11. The maximum absolute atomic E-state index is 5.62. The Labute approximate surface area is 80.1 Å². The molecule has 0 saturated carbocycles. The highest BCUT2D eigenvalue weighted by Crippen LogP contribution is 2.08. The Morgan fingerprint density at radius 1 is 1.31 bits per heavy atom. The van der Waals surface area contributed by atoms with Gasteiger partial charge in [0.15, 0.2) is 0 Å². The molecule has 0 aliphatic rings. The third kappa shape index (κ3) is 3.17. The third-order valence-corrected chi connectivity index (χ3v) is 2.11. The van der Waals surface area contributed by atoms with E-state index in [1.165, 1.54) is 11.1 Å². The highest BCUT2D eigenvalue weighted by molar-refractivity contribution is 5.26. The predicted octanol–water partition coefficient (Wildman–Crippen LogP) is 1.64. The van der Waals surface area contributed by atoms with E-state index in [1.807, 2.05) is 6.92 Å². The summed E-state index contributed by atoms with van der Waals surface area (Å²) < 4.78 is 0. The van der Waals surface area contributed by atoms with Crippen LogP contribution in [0.5, 0.6) is 0 Å². The van der Waals surface area contributed by atoms with E-state index in [0.717, 1.165) is 13.0 Å². The van der Waals surface area contributed by atoms with E-state index >= 15 is 0 Å². The summed E-state index contributed by atoms with van der Waals surface area (Å²) in [5, 5.41) is 3.21. The summed E-state index contributed by atoms with van der Waals surface area (Å²) in [5.41, 5.74) is 8.37. The van der Waals surface area contributed by atoms with E-state index in [9.17, 15) is 0 Å². The molecule has 0 fully saturated rings. The number of nitrogens with one attached hydrogen (secondary N) is 1. The second kappa shape index (κ2) is 5.00. The van der Waals surface area contributed by atoms with Crippen LogP contribution in [-0.4, -0.2) is 6.17 Å². The normalized spacial score (nSPS) is 12.8. The average Bonchev–Trinajstić information content (AvgIpc) is 2.15. The lowest BCUT2D eigenvalue weighted by atomic mass is 10.1. The highest BCUT2D eigenvalue weighted by Gasteiger charge is 1.99. The van der Waals surface area contributed by atoms with Crippen molar-refractivity contribution in [1.29, 1.82) is 0 Å². The number of hydrogen-bond acceptors (Lipinski definition) is 2. The number of nitrogens with two attached hydrogens (primary N) is 1. The van der Waals surface area contributed by atoms with E-state index in [2.05, 4.69) is 36.5 Å². The average molecular weight is 178 g/mol. The summed E-state index contributed by atoms with van der Waals surface area (Å²) in [7, 11) is 0. The molecule has 1 atom stereocenters. The zero-order valence-corrected chi connectivity index (χ0v) is 8.38. The van der Waals surface area contributed by atoms with Crippen LogP contribution < -0.4 is 11.1 Å². The molecular formula is C11H18N2. The molecule has 0 aliphatic carbocycles. The van der Waals surface area contributed by atoms with Crippen LogP contribution >= 0.6 is 0 Å². The number of rotatable bonds is 4. The minimum absolute atomic E-state index is 0.0601. The molecule has 1 aromatic carbocycles. The molecule has 72 valence electrons. The topological polar surface area (TPSA) is 38.0 Å². The number of hydrogen-bond donors (Lipinski definition) is 2. The Bertz CT molecular complexity index is 256. The molecule has 0 aromatic heterocycles. The lowest BCUT2D eigenvalue weighted by Crippen LogP contribution is -2.33. The van der Waals surface area contributed by atoms with Crippen molar-refractivity contribution in [3.05, 3.63) is 35.4 Å². The monoisotopic (exact) mass is 178 g/mol. The smallest absolute Gasteiger partial charge is 0.0519 e. The van der Waals surface area contributed by atoms with Gasteiger partial charge in [-0.05, 0) is 24.5 Å². The molecule has 2 heteroatoms. The predicted molar refractivity (Wildman–Crippen MR) is 56.3 cm³/mol. The van der Waals surface area contributed by atoms with Crippen LogP contribution in [0.4, 0.5) is 0 Å². The van der Waals surface area contributed by atoms with Gasteiger partial charge in [-0.25, -0.2) is 0 Å². The standard InChI is InChI=1S/C11H18N2/c1-3-10-6-4-5-7-11(10)8-13-9(2)12/h4-7,9,13H,3,8,12H2,1-2H3. The van der Waals surface area contributed by atoms with Gasteiger partial charge >= 0.3 is 0 Å². The first-order chi connectivity index (χ1) is 6.24. The molecule has 1 unspecified atom stereocenters.